The second kappa shape index (κ2) is 16.9. The van der Waals surface area contributed by atoms with Crippen molar-refractivity contribution in [3.8, 4) is 5.75 Å². The number of carbonyl (C=O) groups is 5. The van der Waals surface area contributed by atoms with Crippen LogP contribution in [0.4, 0.5) is 21.0 Å². The van der Waals surface area contributed by atoms with Gasteiger partial charge in [-0.15, -0.1) is 0 Å². The van der Waals surface area contributed by atoms with Crippen LogP contribution in [0.25, 0.3) is 0 Å². The van der Waals surface area contributed by atoms with Crippen molar-refractivity contribution < 1.29 is 43.3 Å². The Bertz CT molecular complexity index is 1670. The molecule has 5 amide bonds. The summed E-state index contributed by atoms with van der Waals surface area (Å²) in [6.07, 6.45) is -5.72. The largest absolute Gasteiger partial charge is 0.497 e. The summed E-state index contributed by atoms with van der Waals surface area (Å²) in [6.45, 7) is 5.56. The van der Waals surface area contributed by atoms with Gasteiger partial charge in [-0.3, -0.25) is 25.0 Å². The van der Waals surface area contributed by atoms with Gasteiger partial charge < -0.3 is 35.7 Å². The van der Waals surface area contributed by atoms with Crippen molar-refractivity contribution in [1.82, 2.24) is 10.6 Å². The van der Waals surface area contributed by atoms with Gasteiger partial charge in [0, 0.05) is 37.1 Å². The first-order valence-electron chi connectivity index (χ1n) is 16.4. The number of hydrogen-bond donors (Lipinski definition) is 6. The van der Waals surface area contributed by atoms with E-state index in [1.165, 1.54) is 7.11 Å². The summed E-state index contributed by atoms with van der Waals surface area (Å²) in [6, 6.07) is 21.1. The minimum Gasteiger partial charge on any atom is -0.497 e. The molecule has 14 nitrogen and oxygen atoms in total. The lowest BCUT2D eigenvalue weighted by atomic mass is 9.77. The number of carbonyl (C=O) groups excluding carboxylic acids is 5. The highest BCUT2D eigenvalue weighted by Gasteiger charge is 2.53. The van der Waals surface area contributed by atoms with Gasteiger partial charge in [0.1, 0.15) is 23.5 Å². The zero-order valence-corrected chi connectivity index (χ0v) is 29.0. The summed E-state index contributed by atoms with van der Waals surface area (Å²) in [5.41, 5.74) is 4.34. The van der Waals surface area contributed by atoms with Gasteiger partial charge in [-0.1, -0.05) is 69.3 Å². The predicted octanol–water partition coefficient (Wildman–Crippen LogP) is 3.89. The first-order chi connectivity index (χ1) is 24.1. The Morgan fingerprint density at radius 1 is 0.843 bits per heavy atom. The number of ether oxygens (including phenoxy) is 3. The monoisotopic (exact) mass is 703 g/mol. The fourth-order valence-corrected chi connectivity index (χ4v) is 5.71. The Morgan fingerprint density at radius 2 is 1.39 bits per heavy atom. The minimum absolute atomic E-state index is 0.00228. The number of aliphatic hydroxyl groups is 1. The lowest BCUT2D eigenvalue weighted by Gasteiger charge is -2.44. The average Bonchev–Trinajstić information content (AvgIpc) is 3.06. The number of rotatable bonds is 12. The van der Waals surface area contributed by atoms with Gasteiger partial charge in [-0.25, -0.2) is 9.59 Å². The highest BCUT2D eigenvalue weighted by molar-refractivity contribution is 5.92. The molecule has 0 saturated heterocycles. The molecular weight excluding hydrogens is 658 g/mol. The first-order valence-corrected chi connectivity index (χ1v) is 16.4. The zero-order chi connectivity index (χ0) is 37.2. The third kappa shape index (κ3) is 11.5. The van der Waals surface area contributed by atoms with E-state index in [0.29, 0.717) is 22.7 Å². The Labute approximate surface area is 296 Å². The van der Waals surface area contributed by atoms with E-state index in [9.17, 15) is 29.1 Å². The quantitative estimate of drug-likeness (QED) is 0.162. The molecule has 14 heteroatoms. The Morgan fingerprint density at radius 3 is 1.90 bits per heavy atom. The van der Waals surface area contributed by atoms with E-state index in [-0.39, 0.29) is 12.8 Å². The SMILES string of the molecule is COc1ccc(C[C@H](NC(=O)[C@]2(O)C[C@H](NC(=O)CC(C)(C)C)[C@@H](OC(=O)Nc3ccccc3)[C@H](OC(=O)Nc3ccccc3)C2)C(N)=O)cc1. The van der Waals surface area contributed by atoms with Gasteiger partial charge >= 0.3 is 12.2 Å². The van der Waals surface area contributed by atoms with Gasteiger partial charge in [0.2, 0.25) is 11.8 Å². The van der Waals surface area contributed by atoms with Crippen LogP contribution in [-0.2, 0) is 30.3 Å². The highest BCUT2D eigenvalue weighted by atomic mass is 16.6. The number of hydrogen-bond acceptors (Lipinski definition) is 9. The third-order valence-corrected chi connectivity index (χ3v) is 8.11. The molecule has 0 spiro atoms. The molecule has 1 saturated carbocycles. The lowest BCUT2D eigenvalue weighted by Crippen LogP contribution is -2.66. The molecule has 4 rings (SSSR count). The summed E-state index contributed by atoms with van der Waals surface area (Å²) in [7, 11) is 1.51. The average molecular weight is 704 g/mol. The van der Waals surface area contributed by atoms with Crippen LogP contribution in [0.15, 0.2) is 84.9 Å². The molecule has 0 bridgehead atoms. The lowest BCUT2D eigenvalue weighted by molar-refractivity contribution is -0.160. The Balaban J connectivity index is 1.65. The van der Waals surface area contributed by atoms with Crippen LogP contribution in [0, 0.1) is 5.41 Å². The van der Waals surface area contributed by atoms with E-state index in [0.717, 1.165) is 0 Å². The van der Waals surface area contributed by atoms with Crippen molar-refractivity contribution in [1.29, 1.82) is 0 Å². The number of amides is 5. The minimum atomic E-state index is -2.33. The van der Waals surface area contributed by atoms with E-state index in [1.54, 1.807) is 84.9 Å². The number of nitrogens with two attached hydrogens (primary N) is 1. The fourth-order valence-electron chi connectivity index (χ4n) is 5.71. The number of nitrogens with one attached hydrogen (secondary N) is 4. The van der Waals surface area contributed by atoms with Crippen LogP contribution < -0.4 is 31.7 Å². The summed E-state index contributed by atoms with van der Waals surface area (Å²) in [5, 5.41) is 22.5. The molecule has 0 unspecified atom stereocenters. The number of para-hydroxylation sites is 2. The molecule has 0 radical (unpaired) electrons. The van der Waals surface area contributed by atoms with Crippen molar-refractivity contribution in [2.75, 3.05) is 17.7 Å². The zero-order valence-electron chi connectivity index (χ0n) is 29.0. The smallest absolute Gasteiger partial charge is 0.412 e. The van der Waals surface area contributed by atoms with E-state index >= 15 is 0 Å². The van der Waals surface area contributed by atoms with Gasteiger partial charge in [0.05, 0.1) is 13.2 Å². The van der Waals surface area contributed by atoms with Crippen molar-refractivity contribution >= 4 is 41.3 Å². The predicted molar refractivity (Wildman–Crippen MR) is 189 cm³/mol. The molecule has 0 aromatic heterocycles. The van der Waals surface area contributed by atoms with Gasteiger partial charge in [-0.05, 0) is 47.4 Å². The van der Waals surface area contributed by atoms with Crippen molar-refractivity contribution in [2.24, 2.45) is 11.1 Å². The molecule has 51 heavy (non-hydrogen) atoms. The molecule has 1 aliphatic rings. The topological polar surface area (TPSA) is 207 Å². The van der Waals surface area contributed by atoms with Crippen LogP contribution in [0.5, 0.6) is 5.75 Å². The first kappa shape index (κ1) is 38.2. The van der Waals surface area contributed by atoms with Gasteiger partial charge in [-0.2, -0.15) is 0 Å². The molecule has 3 aromatic carbocycles. The van der Waals surface area contributed by atoms with E-state index in [1.807, 2.05) is 20.8 Å². The van der Waals surface area contributed by atoms with Crippen molar-refractivity contribution in [2.45, 2.75) is 76.3 Å². The third-order valence-electron chi connectivity index (χ3n) is 8.11. The molecule has 7 N–H and O–H groups in total. The maximum Gasteiger partial charge on any atom is 0.412 e. The number of anilines is 2. The molecule has 3 aromatic rings. The molecule has 0 aliphatic heterocycles. The molecule has 0 heterocycles. The summed E-state index contributed by atoms with van der Waals surface area (Å²) >= 11 is 0. The number of benzene rings is 3. The molecular formula is C37H45N5O9. The molecule has 1 aliphatic carbocycles. The van der Waals surface area contributed by atoms with Crippen molar-refractivity contribution in [3.63, 3.8) is 0 Å². The summed E-state index contributed by atoms with van der Waals surface area (Å²) in [4.78, 5) is 66.1. The maximum atomic E-state index is 13.9. The van der Waals surface area contributed by atoms with Crippen LogP contribution in [0.3, 0.4) is 0 Å². The van der Waals surface area contributed by atoms with Crippen LogP contribution in [-0.4, -0.2) is 72.0 Å². The standard InChI is InChI=1S/C37H45N5O9/c1-36(2,3)22-30(43)41-28-20-37(48,33(45)42-27(32(38)44)19-23-15-17-26(49-4)18-16-23)21-29(50-34(46)39-24-11-7-5-8-12-24)31(28)51-35(47)40-25-13-9-6-10-14-25/h5-18,27-29,31,48H,19-22H2,1-4H3,(H2,38,44)(H,39,46)(H,40,47)(H,41,43)(H,42,45)/t27-,28-,29+,31+,37-/m0/s1. The molecule has 272 valence electrons. The van der Waals surface area contributed by atoms with Crippen LogP contribution >= 0.6 is 0 Å². The maximum absolute atomic E-state index is 13.9. The Kier molecular flexibility index (Phi) is 12.6. The second-order valence-electron chi connectivity index (χ2n) is 13.6. The summed E-state index contributed by atoms with van der Waals surface area (Å²) in [5.74, 6) is -1.73. The molecule has 5 atom stereocenters. The van der Waals surface area contributed by atoms with E-state index in [4.69, 9.17) is 19.9 Å². The number of methoxy groups -OCH3 is 1. The molecule has 1 fully saturated rings. The van der Waals surface area contributed by atoms with E-state index in [2.05, 4.69) is 21.3 Å². The van der Waals surface area contributed by atoms with Gasteiger partial charge in [0.15, 0.2) is 6.10 Å². The Hall–Kier alpha value is -5.63. The van der Waals surface area contributed by atoms with Crippen LogP contribution in [0.1, 0.15) is 45.6 Å². The van der Waals surface area contributed by atoms with Crippen molar-refractivity contribution in [3.05, 3.63) is 90.5 Å². The second-order valence-corrected chi connectivity index (χ2v) is 13.6. The normalized spacial score (nSPS) is 20.5. The fraction of sp³-hybridized carbons (Fsp3) is 0.378. The summed E-state index contributed by atoms with van der Waals surface area (Å²) < 4.78 is 16.7. The number of primary amides is 1. The van der Waals surface area contributed by atoms with Gasteiger partial charge in [0.25, 0.3) is 5.91 Å². The van der Waals surface area contributed by atoms with Crippen LogP contribution in [0.2, 0.25) is 0 Å². The highest BCUT2D eigenvalue weighted by Crippen LogP contribution is 2.34. The van der Waals surface area contributed by atoms with E-state index < -0.39 is 78.1 Å².